The Morgan fingerprint density at radius 2 is 0.786 bits per heavy atom. The van der Waals surface area contributed by atoms with Crippen molar-refractivity contribution in [1.29, 1.82) is 0 Å². The van der Waals surface area contributed by atoms with Gasteiger partial charge in [-0.05, 0) is 6.92 Å². The first-order valence-corrected chi connectivity index (χ1v) is 18.2. The van der Waals surface area contributed by atoms with Crippen LogP contribution in [0, 0.1) is 5.92 Å². The molecule has 5 aliphatic heterocycles. The minimum absolute atomic E-state index is 0.743. The molecule has 14 N–H and O–H groups in total. The predicted molar refractivity (Wildman–Crippen MR) is 173 cm³/mol. The van der Waals surface area contributed by atoms with Crippen LogP contribution < -0.4 is 0 Å². The Kier molecular flexibility index (Phi) is 16.2. The summed E-state index contributed by atoms with van der Waals surface area (Å²) in [7, 11) is 1.19. The molecule has 0 aromatic heterocycles. The van der Waals surface area contributed by atoms with E-state index in [4.69, 9.17) is 47.4 Å². The van der Waals surface area contributed by atoms with Gasteiger partial charge >= 0.3 is 0 Å². The van der Waals surface area contributed by atoms with Gasteiger partial charge in [-0.1, -0.05) is 6.92 Å². The smallest absolute Gasteiger partial charge is 0.187 e. The first-order chi connectivity index (χ1) is 26.5. The monoisotopic (exact) mass is 824 g/mol. The van der Waals surface area contributed by atoms with Crippen LogP contribution in [0.3, 0.4) is 0 Å². The second-order valence-electron chi connectivity index (χ2n) is 14.5. The molecule has 0 aromatic carbocycles. The van der Waals surface area contributed by atoms with E-state index in [1.807, 2.05) is 0 Å². The van der Waals surface area contributed by atoms with Crippen LogP contribution >= 0.6 is 0 Å². The van der Waals surface area contributed by atoms with E-state index in [1.54, 1.807) is 0 Å². The van der Waals surface area contributed by atoms with E-state index in [1.165, 1.54) is 21.0 Å². The van der Waals surface area contributed by atoms with Gasteiger partial charge in [-0.2, -0.15) is 0 Å². The Morgan fingerprint density at radius 1 is 0.357 bits per heavy atom. The Morgan fingerprint density at radius 3 is 1.38 bits per heavy atom. The maximum absolute atomic E-state index is 11.4. The molecule has 5 saturated heterocycles. The predicted octanol–water partition coefficient (Wildman–Crippen LogP) is -8.97. The second kappa shape index (κ2) is 19.6. The van der Waals surface area contributed by atoms with Gasteiger partial charge in [0, 0.05) is 13.0 Å². The lowest BCUT2D eigenvalue weighted by Gasteiger charge is -2.50. The molecule has 25 atom stereocenters. The molecule has 0 saturated carbocycles. The SMILES string of the molecule is CO[C@@H]1OC(CO)[C@H](O[C@H]2OC(CO)[C@H](O)[C@H](O[C@@H]3OC(CO)[C@H](O)C(O[C@@H]4OC(CO)[C@H](O)C(O)[C@@H]4O[C@@H]4OC(C)[C@@H](O)C(O)[C@@H]4O)[C@@H]3C)C2O)C(O)[C@@H]1O. The lowest BCUT2D eigenvalue weighted by Crippen LogP contribution is -2.67. The fraction of sp³-hybridized carbons (Fsp3) is 1.00. The van der Waals surface area contributed by atoms with Crippen molar-refractivity contribution in [2.75, 3.05) is 33.5 Å². The topological polar surface area (TPSA) is 376 Å². The fourth-order valence-corrected chi connectivity index (χ4v) is 7.36. The molecule has 24 heteroatoms. The highest BCUT2D eigenvalue weighted by Gasteiger charge is 2.56. The molecule has 5 heterocycles. The third kappa shape index (κ3) is 9.19. The Bertz CT molecular complexity index is 1210. The van der Waals surface area contributed by atoms with Crippen molar-refractivity contribution < 1.29 is 119 Å². The van der Waals surface area contributed by atoms with Gasteiger partial charge in [0.25, 0.3) is 0 Å². The van der Waals surface area contributed by atoms with Crippen LogP contribution in [-0.4, -0.2) is 252 Å². The Hall–Kier alpha value is -0.960. The summed E-state index contributed by atoms with van der Waals surface area (Å²) in [5.41, 5.74) is 0. The second-order valence-corrected chi connectivity index (χ2v) is 14.5. The van der Waals surface area contributed by atoms with Gasteiger partial charge in [0.05, 0.1) is 38.6 Å². The molecule has 56 heavy (non-hydrogen) atoms. The molecule has 5 aliphatic rings. The molecule has 0 radical (unpaired) electrons. The van der Waals surface area contributed by atoms with Crippen LogP contribution in [0.4, 0.5) is 0 Å². The van der Waals surface area contributed by atoms with Crippen LogP contribution in [-0.2, 0) is 47.4 Å². The maximum Gasteiger partial charge on any atom is 0.187 e. The van der Waals surface area contributed by atoms with Gasteiger partial charge in [0.15, 0.2) is 31.5 Å². The number of ether oxygens (including phenoxy) is 10. The van der Waals surface area contributed by atoms with Crippen molar-refractivity contribution in [2.24, 2.45) is 5.92 Å². The number of aliphatic hydroxyl groups is 14. The summed E-state index contributed by atoms with van der Waals surface area (Å²) in [4.78, 5) is 0. The van der Waals surface area contributed by atoms with Gasteiger partial charge < -0.3 is 119 Å². The number of methoxy groups -OCH3 is 1. The van der Waals surface area contributed by atoms with Gasteiger partial charge in [-0.15, -0.1) is 0 Å². The maximum atomic E-state index is 11.4. The van der Waals surface area contributed by atoms with E-state index in [9.17, 15) is 71.5 Å². The van der Waals surface area contributed by atoms with Crippen LogP contribution in [0.1, 0.15) is 13.8 Å². The molecule has 0 amide bonds. The zero-order valence-electron chi connectivity index (χ0n) is 30.6. The van der Waals surface area contributed by atoms with Crippen LogP contribution in [0.5, 0.6) is 0 Å². The molecule has 328 valence electrons. The summed E-state index contributed by atoms with van der Waals surface area (Å²) in [5.74, 6) is -1.15. The van der Waals surface area contributed by atoms with E-state index < -0.39 is 180 Å². The summed E-state index contributed by atoms with van der Waals surface area (Å²) in [6, 6.07) is 0. The first kappa shape index (κ1) is 46.1. The van der Waals surface area contributed by atoms with Gasteiger partial charge in [0.2, 0.25) is 0 Å². The normalized spacial score (nSPS) is 53.2. The van der Waals surface area contributed by atoms with E-state index in [2.05, 4.69) is 0 Å². The van der Waals surface area contributed by atoms with Crippen molar-refractivity contribution >= 4 is 0 Å². The standard InChI is InChI=1S/C32H56O24/c1-8-24(53-32-27(19(42)15(38)10(4-33)51-32)56-30-21(44)18(41)14(37)9(2)48-30)16(39)11(5-34)49-28(8)55-26-17(40)12(6-35)50-31(23(26)46)54-25-13(7-36)52-29(47-3)22(45)20(25)43/h8-46H,4-7H2,1-3H3/t8-,9?,10?,11?,12?,13?,14+,15-,16-,17-,18?,19?,20?,21-,22-,23?,24?,25-,26-,27-,28-,29+,30-,31+,32-/m0/s1. The van der Waals surface area contributed by atoms with Crippen LogP contribution in [0.15, 0.2) is 0 Å². The lowest BCUT2D eigenvalue weighted by molar-refractivity contribution is -0.394. The van der Waals surface area contributed by atoms with Crippen molar-refractivity contribution in [1.82, 2.24) is 0 Å². The highest BCUT2D eigenvalue weighted by atomic mass is 16.8. The molecule has 5 fully saturated rings. The van der Waals surface area contributed by atoms with Crippen molar-refractivity contribution in [3.8, 4) is 0 Å². The molecular formula is C32H56O24. The average Bonchev–Trinajstić information content (AvgIpc) is 3.18. The molecule has 24 nitrogen and oxygen atoms in total. The molecule has 10 unspecified atom stereocenters. The van der Waals surface area contributed by atoms with E-state index in [0.29, 0.717) is 0 Å². The highest BCUT2D eigenvalue weighted by molar-refractivity contribution is 4.98. The van der Waals surface area contributed by atoms with Crippen molar-refractivity contribution in [2.45, 2.75) is 161 Å². The van der Waals surface area contributed by atoms with Crippen molar-refractivity contribution in [3.63, 3.8) is 0 Å². The molecular weight excluding hydrogens is 768 g/mol. The zero-order valence-corrected chi connectivity index (χ0v) is 30.6. The summed E-state index contributed by atoms with van der Waals surface area (Å²) in [6.45, 7) is -0.500. The molecule has 0 aliphatic carbocycles. The molecule has 5 rings (SSSR count). The van der Waals surface area contributed by atoms with Crippen molar-refractivity contribution in [3.05, 3.63) is 0 Å². The van der Waals surface area contributed by atoms with Gasteiger partial charge in [-0.25, -0.2) is 0 Å². The Labute approximate surface area is 319 Å². The van der Waals surface area contributed by atoms with E-state index in [0.717, 1.165) is 0 Å². The minimum atomic E-state index is -1.95. The summed E-state index contributed by atoms with van der Waals surface area (Å²) in [5, 5.41) is 148. The number of rotatable bonds is 13. The summed E-state index contributed by atoms with van der Waals surface area (Å²) < 4.78 is 56.5. The molecule has 0 spiro atoms. The first-order valence-electron chi connectivity index (χ1n) is 18.2. The largest absolute Gasteiger partial charge is 0.394 e. The third-order valence-corrected chi connectivity index (χ3v) is 10.8. The van der Waals surface area contributed by atoms with Crippen LogP contribution in [0.2, 0.25) is 0 Å². The average molecular weight is 825 g/mol. The van der Waals surface area contributed by atoms with E-state index in [-0.39, 0.29) is 0 Å². The van der Waals surface area contributed by atoms with Gasteiger partial charge in [-0.3, -0.25) is 0 Å². The Balaban J connectivity index is 1.37. The quantitative estimate of drug-likeness (QED) is 0.0820. The number of hydrogen-bond acceptors (Lipinski definition) is 24. The third-order valence-electron chi connectivity index (χ3n) is 10.8. The summed E-state index contributed by atoms with van der Waals surface area (Å²) in [6.07, 6.45) is -39.4. The minimum Gasteiger partial charge on any atom is -0.394 e. The fourth-order valence-electron chi connectivity index (χ4n) is 7.36. The van der Waals surface area contributed by atoms with E-state index >= 15 is 0 Å². The summed E-state index contributed by atoms with van der Waals surface area (Å²) >= 11 is 0. The van der Waals surface area contributed by atoms with Crippen LogP contribution in [0.25, 0.3) is 0 Å². The lowest BCUT2D eigenvalue weighted by atomic mass is 9.91. The molecule has 0 aromatic rings. The molecule has 0 bridgehead atoms. The number of hydrogen-bond donors (Lipinski definition) is 14. The highest BCUT2D eigenvalue weighted by Crippen LogP contribution is 2.37. The van der Waals surface area contributed by atoms with Gasteiger partial charge in [0.1, 0.15) is 104 Å². The zero-order chi connectivity index (χ0) is 41.3. The number of aliphatic hydroxyl groups excluding tert-OH is 14.